The molecule has 12 heteroatoms. The summed E-state index contributed by atoms with van der Waals surface area (Å²) < 4.78 is 44.1. The fourth-order valence-electron chi connectivity index (χ4n) is 3.35. The highest BCUT2D eigenvalue weighted by Gasteiger charge is 2.62. The normalized spacial score (nSPS) is 17.6. The molecule has 6 nitrogen and oxygen atoms in total. The van der Waals surface area contributed by atoms with Gasteiger partial charge in [-0.2, -0.15) is 13.2 Å². The highest BCUT2D eigenvalue weighted by atomic mass is 127. The van der Waals surface area contributed by atoms with Crippen molar-refractivity contribution in [3.05, 3.63) is 89.8 Å². The fraction of sp³-hybridized carbons (Fsp3) is 0.136. The van der Waals surface area contributed by atoms with Crippen LogP contribution in [-0.2, 0) is 10.4 Å². The summed E-state index contributed by atoms with van der Waals surface area (Å²) in [6, 6.07) is 12.2. The molecule has 0 saturated heterocycles. The number of aromatic nitrogens is 1. The van der Waals surface area contributed by atoms with Crippen molar-refractivity contribution in [3.8, 4) is 0 Å². The van der Waals surface area contributed by atoms with Gasteiger partial charge in [-0.1, -0.05) is 22.8 Å². The maximum Gasteiger partial charge on any atom is 0.435 e. The van der Waals surface area contributed by atoms with E-state index in [1.54, 1.807) is 36.4 Å². The third-order valence-electron chi connectivity index (χ3n) is 5.07. The Bertz CT molecular complexity index is 1250. The number of anilines is 1. The molecule has 4 rings (SSSR count). The number of carbonyl (C=O) groups excluding carboxylic acids is 1. The molecular formula is C22H14ClF3I2N4O2. The van der Waals surface area contributed by atoms with Gasteiger partial charge in [0.15, 0.2) is 0 Å². The number of amides is 1. The molecule has 0 radical (unpaired) electrons. The van der Waals surface area contributed by atoms with Gasteiger partial charge >= 0.3 is 6.18 Å². The SMILES string of the molecule is O=C(NNc1cc(C2=NOC(c3cc(Cl)cc(I)c3)(C(F)(F)F)C2)ccc1I)c1ccncc1. The van der Waals surface area contributed by atoms with Gasteiger partial charge in [0, 0.05) is 47.7 Å². The van der Waals surface area contributed by atoms with Crippen molar-refractivity contribution in [1.29, 1.82) is 0 Å². The molecule has 1 amide bonds. The Morgan fingerprint density at radius 2 is 1.82 bits per heavy atom. The van der Waals surface area contributed by atoms with Crippen LogP contribution in [0.25, 0.3) is 0 Å². The Morgan fingerprint density at radius 1 is 1.09 bits per heavy atom. The van der Waals surface area contributed by atoms with Gasteiger partial charge in [0.2, 0.25) is 0 Å². The number of alkyl halides is 3. The molecule has 0 saturated carbocycles. The predicted octanol–water partition coefficient (Wildman–Crippen LogP) is 6.28. The van der Waals surface area contributed by atoms with Crippen molar-refractivity contribution in [2.45, 2.75) is 18.2 Å². The first-order valence-corrected chi connectivity index (χ1v) is 12.2. The molecule has 0 aliphatic carbocycles. The lowest BCUT2D eigenvalue weighted by molar-refractivity contribution is -0.275. The lowest BCUT2D eigenvalue weighted by Crippen LogP contribution is -2.42. The summed E-state index contributed by atoms with van der Waals surface area (Å²) in [6.07, 6.45) is -2.29. The number of nitrogens with one attached hydrogen (secondary N) is 2. The minimum atomic E-state index is -4.74. The highest BCUT2D eigenvalue weighted by molar-refractivity contribution is 14.1. The molecular weight excluding hydrogens is 699 g/mol. The van der Waals surface area contributed by atoms with Gasteiger partial charge in [0.25, 0.3) is 11.5 Å². The maximum atomic E-state index is 14.3. The minimum Gasteiger partial charge on any atom is -0.374 e. The average molecular weight is 713 g/mol. The summed E-state index contributed by atoms with van der Waals surface area (Å²) in [5, 5.41) is 3.98. The van der Waals surface area contributed by atoms with E-state index >= 15 is 0 Å². The van der Waals surface area contributed by atoms with Crippen molar-refractivity contribution in [3.63, 3.8) is 0 Å². The summed E-state index contributed by atoms with van der Waals surface area (Å²) in [5.74, 6) is -0.392. The monoisotopic (exact) mass is 712 g/mol. The standard InChI is InChI=1S/C22H14ClF3I2N4O2/c23-15-8-14(9-16(27)10-15)21(22(24,25)26)11-19(32-34-21)13-1-2-17(28)18(7-13)30-31-20(33)12-3-5-29-6-4-12/h1-10,30H,11H2,(H,31,33). The Balaban J connectivity index is 1.58. The van der Waals surface area contributed by atoms with E-state index in [1.807, 2.05) is 45.2 Å². The Labute approximate surface area is 224 Å². The van der Waals surface area contributed by atoms with Gasteiger partial charge in [-0.05, 0) is 87.6 Å². The van der Waals surface area contributed by atoms with Crippen LogP contribution in [0.2, 0.25) is 5.02 Å². The van der Waals surface area contributed by atoms with E-state index in [-0.39, 0.29) is 16.3 Å². The number of rotatable bonds is 5. The Kier molecular flexibility index (Phi) is 7.24. The lowest BCUT2D eigenvalue weighted by Gasteiger charge is -2.29. The summed E-state index contributed by atoms with van der Waals surface area (Å²) in [7, 11) is 0. The molecule has 2 aromatic carbocycles. The second-order valence-electron chi connectivity index (χ2n) is 7.30. The zero-order valence-electron chi connectivity index (χ0n) is 17.0. The van der Waals surface area contributed by atoms with E-state index in [4.69, 9.17) is 16.4 Å². The summed E-state index contributed by atoms with van der Waals surface area (Å²) in [6.45, 7) is 0. The third-order valence-corrected chi connectivity index (χ3v) is 6.85. The van der Waals surface area contributed by atoms with Crippen molar-refractivity contribution >= 4 is 74.1 Å². The second-order valence-corrected chi connectivity index (χ2v) is 10.1. The van der Waals surface area contributed by atoms with E-state index in [9.17, 15) is 18.0 Å². The molecule has 1 aliphatic rings. The van der Waals surface area contributed by atoms with Gasteiger partial charge in [-0.3, -0.25) is 20.6 Å². The van der Waals surface area contributed by atoms with Crippen LogP contribution >= 0.6 is 56.8 Å². The number of oxime groups is 1. The first-order valence-electron chi connectivity index (χ1n) is 9.64. The number of hydrogen-bond donors (Lipinski definition) is 2. The molecule has 176 valence electrons. The summed E-state index contributed by atoms with van der Waals surface area (Å²) >= 11 is 9.98. The number of benzene rings is 2. The molecule has 1 aliphatic heterocycles. The molecule has 2 heterocycles. The molecule has 1 atom stereocenters. The molecule has 2 N–H and O–H groups in total. The van der Waals surface area contributed by atoms with Crippen molar-refractivity contribution in [2.24, 2.45) is 5.16 Å². The Hall–Kier alpha value is -2.13. The van der Waals surface area contributed by atoms with Gasteiger partial charge in [-0.25, -0.2) is 0 Å². The zero-order valence-corrected chi connectivity index (χ0v) is 22.0. The van der Waals surface area contributed by atoms with E-state index in [1.165, 1.54) is 24.5 Å². The smallest absolute Gasteiger partial charge is 0.374 e. The van der Waals surface area contributed by atoms with Crippen LogP contribution in [0.5, 0.6) is 0 Å². The van der Waals surface area contributed by atoms with Crippen LogP contribution in [0.4, 0.5) is 18.9 Å². The van der Waals surface area contributed by atoms with Crippen molar-refractivity contribution < 1.29 is 22.8 Å². The van der Waals surface area contributed by atoms with Crippen LogP contribution in [0.1, 0.15) is 27.9 Å². The molecule has 34 heavy (non-hydrogen) atoms. The van der Waals surface area contributed by atoms with E-state index in [2.05, 4.69) is 21.0 Å². The highest BCUT2D eigenvalue weighted by Crippen LogP contribution is 2.49. The number of carbonyl (C=O) groups is 1. The maximum absolute atomic E-state index is 14.3. The third kappa shape index (κ3) is 5.10. The number of halogens is 6. The summed E-state index contributed by atoms with van der Waals surface area (Å²) in [5.41, 5.74) is 4.02. The number of hydrazine groups is 1. The van der Waals surface area contributed by atoms with Crippen LogP contribution < -0.4 is 10.9 Å². The molecule has 3 aromatic rings. The quantitative estimate of drug-likeness (QED) is 0.241. The van der Waals surface area contributed by atoms with E-state index in [0.717, 1.165) is 3.57 Å². The first-order chi connectivity index (χ1) is 16.1. The van der Waals surface area contributed by atoms with Gasteiger partial charge < -0.3 is 4.84 Å². The van der Waals surface area contributed by atoms with Crippen LogP contribution in [0, 0.1) is 7.14 Å². The zero-order chi connectivity index (χ0) is 24.5. The number of nitrogens with zero attached hydrogens (tertiary/aromatic N) is 2. The second kappa shape index (κ2) is 9.85. The molecule has 0 fully saturated rings. The summed E-state index contributed by atoms with van der Waals surface area (Å²) in [4.78, 5) is 21.3. The largest absolute Gasteiger partial charge is 0.435 e. The van der Waals surface area contributed by atoms with E-state index < -0.39 is 24.1 Å². The molecule has 0 spiro atoms. The minimum absolute atomic E-state index is 0.118. The first kappa shape index (κ1) is 25.0. The Morgan fingerprint density at radius 3 is 2.50 bits per heavy atom. The number of hydrogen-bond acceptors (Lipinski definition) is 5. The van der Waals surface area contributed by atoms with Crippen molar-refractivity contribution in [1.82, 2.24) is 10.4 Å². The predicted molar refractivity (Wildman–Crippen MR) is 139 cm³/mol. The molecule has 1 unspecified atom stereocenters. The van der Waals surface area contributed by atoms with Gasteiger partial charge in [0.05, 0.1) is 11.4 Å². The van der Waals surface area contributed by atoms with Gasteiger partial charge in [0.1, 0.15) is 0 Å². The van der Waals surface area contributed by atoms with Crippen LogP contribution in [0.3, 0.4) is 0 Å². The lowest BCUT2D eigenvalue weighted by atomic mass is 9.86. The number of pyridine rings is 1. The molecule has 1 aromatic heterocycles. The van der Waals surface area contributed by atoms with E-state index in [0.29, 0.717) is 20.4 Å². The van der Waals surface area contributed by atoms with Crippen LogP contribution in [0.15, 0.2) is 66.1 Å². The fourth-order valence-corrected chi connectivity index (χ4v) is 4.91. The molecule has 0 bridgehead atoms. The van der Waals surface area contributed by atoms with Crippen molar-refractivity contribution in [2.75, 3.05) is 5.43 Å². The van der Waals surface area contributed by atoms with Crippen LogP contribution in [-0.4, -0.2) is 22.8 Å². The van der Waals surface area contributed by atoms with Gasteiger partial charge in [-0.15, -0.1) is 0 Å². The topological polar surface area (TPSA) is 75.6 Å². The average Bonchev–Trinajstić information content (AvgIpc) is 3.25.